The van der Waals surface area contributed by atoms with Crippen molar-refractivity contribution in [1.29, 1.82) is 0 Å². The van der Waals surface area contributed by atoms with Crippen LogP contribution in [0.2, 0.25) is 0 Å². The van der Waals surface area contributed by atoms with Crippen molar-refractivity contribution in [1.82, 2.24) is 24.1 Å². The molecule has 0 aromatic carbocycles. The maximum Gasteiger partial charge on any atom is 0.404 e. The summed E-state index contributed by atoms with van der Waals surface area (Å²) in [6.45, 7) is 2.01. The molecular weight excluding hydrogens is 436 g/mol. The van der Waals surface area contributed by atoms with Crippen LogP contribution in [0, 0.1) is 0 Å². The van der Waals surface area contributed by atoms with Crippen LogP contribution < -0.4 is 21.6 Å². The summed E-state index contributed by atoms with van der Waals surface area (Å²) in [4.78, 5) is 38.1. The molecule has 11 heteroatoms. The number of nitrogens with two attached hydrogens (primary N) is 1. The second-order valence-corrected chi connectivity index (χ2v) is 8.65. The lowest BCUT2D eigenvalue weighted by molar-refractivity contribution is 0.182. The number of primary amides is 1. The number of nitrogens with zero attached hydrogens (tertiary/aromatic N) is 6. The second kappa shape index (κ2) is 10.5. The molecule has 3 aromatic rings. The minimum Gasteiger partial charge on any atom is -0.453 e. The molecule has 0 spiro atoms. The molecule has 0 atom stereocenters. The number of carbonyl (C=O) groups excluding carboxylic acids is 1. The first-order valence-corrected chi connectivity index (χ1v) is 11.7. The smallest absolute Gasteiger partial charge is 0.404 e. The number of imidazole rings is 1. The van der Waals surface area contributed by atoms with Crippen LogP contribution in [0.4, 0.5) is 22.4 Å². The number of fused-ring (bicyclic) bond motifs is 1. The van der Waals surface area contributed by atoms with Crippen molar-refractivity contribution in [3.63, 3.8) is 0 Å². The molecule has 0 radical (unpaired) electrons. The molecule has 1 saturated carbocycles. The van der Waals surface area contributed by atoms with E-state index >= 15 is 0 Å². The van der Waals surface area contributed by atoms with Gasteiger partial charge in [0.2, 0.25) is 5.95 Å². The fraction of sp³-hybridized carbons (Fsp3) is 0.522. The Hall–Kier alpha value is -3.63. The predicted octanol–water partition coefficient (Wildman–Crippen LogP) is 3.09. The van der Waals surface area contributed by atoms with Gasteiger partial charge < -0.3 is 20.7 Å². The number of hydrogen-bond acceptors (Lipinski definition) is 8. The van der Waals surface area contributed by atoms with E-state index in [0.29, 0.717) is 5.82 Å². The summed E-state index contributed by atoms with van der Waals surface area (Å²) in [6, 6.07) is 4.11. The van der Waals surface area contributed by atoms with Gasteiger partial charge in [-0.3, -0.25) is 9.13 Å². The zero-order valence-electron chi connectivity index (χ0n) is 19.7. The average Bonchev–Trinajstić information content (AvgIpc) is 3.47. The molecule has 1 saturated heterocycles. The van der Waals surface area contributed by atoms with E-state index < -0.39 is 6.09 Å². The molecule has 3 N–H and O–H groups in total. The van der Waals surface area contributed by atoms with Crippen molar-refractivity contribution < 1.29 is 9.53 Å². The highest BCUT2D eigenvalue weighted by molar-refractivity contribution is 5.79. The van der Waals surface area contributed by atoms with Crippen LogP contribution in [-0.2, 0) is 11.8 Å². The number of pyridine rings is 1. The number of hydrogen-bond donors (Lipinski definition) is 2. The summed E-state index contributed by atoms with van der Waals surface area (Å²) >= 11 is 0. The molecule has 0 bridgehead atoms. The molecule has 182 valence electrons. The van der Waals surface area contributed by atoms with Gasteiger partial charge in [0.05, 0.1) is 24.3 Å². The number of aryl methyl sites for hydroxylation is 1. The zero-order valence-corrected chi connectivity index (χ0v) is 19.7. The third kappa shape index (κ3) is 5.13. The Morgan fingerprint density at radius 1 is 1.09 bits per heavy atom. The van der Waals surface area contributed by atoms with Crippen molar-refractivity contribution in [2.45, 2.75) is 51.0 Å². The molecule has 2 fully saturated rings. The molecule has 5 rings (SSSR count). The third-order valence-corrected chi connectivity index (χ3v) is 6.40. The number of aromatic nitrogens is 5. The van der Waals surface area contributed by atoms with E-state index in [-0.39, 0.29) is 11.7 Å². The van der Waals surface area contributed by atoms with Crippen LogP contribution in [0.3, 0.4) is 0 Å². The van der Waals surface area contributed by atoms with Crippen molar-refractivity contribution in [3.8, 4) is 0 Å². The Labute approximate surface area is 198 Å². The van der Waals surface area contributed by atoms with E-state index in [0.717, 1.165) is 48.7 Å². The van der Waals surface area contributed by atoms with Gasteiger partial charge in [-0.2, -0.15) is 4.98 Å². The lowest BCUT2D eigenvalue weighted by Gasteiger charge is -2.26. The summed E-state index contributed by atoms with van der Waals surface area (Å²) in [5.74, 6) is 2.18. The normalized spacial score (nSPS) is 16.2. The summed E-state index contributed by atoms with van der Waals surface area (Å²) in [5.41, 5.74) is 6.27. The first-order valence-electron chi connectivity index (χ1n) is 11.7. The Bertz CT molecular complexity index is 1190. The number of anilines is 3. The highest BCUT2D eigenvalue weighted by Crippen LogP contribution is 2.31. The van der Waals surface area contributed by atoms with Gasteiger partial charge in [0.25, 0.3) is 0 Å². The first kappa shape index (κ1) is 23.5. The maximum absolute atomic E-state index is 12.8. The summed E-state index contributed by atoms with van der Waals surface area (Å²) < 4.78 is 7.54. The minimum absolute atomic E-state index is 0.0419. The van der Waals surface area contributed by atoms with E-state index in [1.54, 1.807) is 17.0 Å². The Morgan fingerprint density at radius 2 is 1.79 bits per heavy atom. The van der Waals surface area contributed by atoms with Crippen LogP contribution in [-0.4, -0.2) is 50.4 Å². The maximum atomic E-state index is 12.8. The topological polar surface area (TPSA) is 133 Å². The largest absolute Gasteiger partial charge is 0.453 e. The molecule has 2 aliphatic rings. The Kier molecular flexibility index (Phi) is 7.29. The molecule has 0 unspecified atom stereocenters. The fourth-order valence-electron chi connectivity index (χ4n) is 4.64. The van der Waals surface area contributed by atoms with Gasteiger partial charge in [-0.1, -0.05) is 12.8 Å². The molecule has 1 amide bonds. The van der Waals surface area contributed by atoms with Crippen molar-refractivity contribution >= 4 is 34.7 Å². The van der Waals surface area contributed by atoms with Crippen molar-refractivity contribution in [2.75, 3.05) is 30.4 Å². The number of nitrogens with one attached hydrogen (secondary N) is 1. The van der Waals surface area contributed by atoms with Crippen LogP contribution in [0.15, 0.2) is 29.3 Å². The molecule has 4 heterocycles. The summed E-state index contributed by atoms with van der Waals surface area (Å²) in [5, 5.41) is 3.31. The first-order chi connectivity index (χ1) is 16.5. The Morgan fingerprint density at radius 3 is 2.47 bits per heavy atom. The monoisotopic (exact) mass is 468 g/mol. The minimum atomic E-state index is -0.745. The van der Waals surface area contributed by atoms with Gasteiger partial charge >= 0.3 is 11.8 Å². The third-order valence-electron chi connectivity index (χ3n) is 6.40. The SMILES string of the molecule is COC(N)=O.Cn1c(=O)n(C2CCCC2)c2cc(Nc3ccnc(N4CCCCC4)n3)ncc21. The van der Waals surface area contributed by atoms with Crippen LogP contribution in [0.1, 0.15) is 51.0 Å². The fourth-order valence-corrected chi connectivity index (χ4v) is 4.64. The van der Waals surface area contributed by atoms with Gasteiger partial charge in [-0.15, -0.1) is 0 Å². The Balaban J connectivity index is 0.000000499. The van der Waals surface area contributed by atoms with Gasteiger partial charge in [-0.05, 0) is 38.2 Å². The highest BCUT2D eigenvalue weighted by Gasteiger charge is 2.23. The lowest BCUT2D eigenvalue weighted by atomic mass is 10.1. The number of rotatable bonds is 4. The van der Waals surface area contributed by atoms with Gasteiger partial charge in [-0.25, -0.2) is 19.6 Å². The number of amides is 1. The molecular formula is C23H32N8O3. The number of piperidine rings is 1. The van der Waals surface area contributed by atoms with Crippen molar-refractivity contribution in [3.05, 3.63) is 35.0 Å². The highest BCUT2D eigenvalue weighted by atomic mass is 16.5. The number of methoxy groups -OCH3 is 1. The van der Waals surface area contributed by atoms with E-state index in [4.69, 9.17) is 0 Å². The van der Waals surface area contributed by atoms with E-state index in [1.165, 1.54) is 39.2 Å². The molecule has 1 aliphatic carbocycles. The van der Waals surface area contributed by atoms with E-state index in [9.17, 15) is 9.59 Å². The van der Waals surface area contributed by atoms with Crippen LogP contribution >= 0.6 is 0 Å². The predicted molar refractivity (Wildman–Crippen MR) is 130 cm³/mol. The van der Waals surface area contributed by atoms with Crippen LogP contribution in [0.25, 0.3) is 11.0 Å². The molecule has 11 nitrogen and oxygen atoms in total. The quantitative estimate of drug-likeness (QED) is 0.597. The number of carbonyl (C=O) groups is 1. The second-order valence-electron chi connectivity index (χ2n) is 8.65. The van der Waals surface area contributed by atoms with E-state index in [1.807, 2.05) is 23.7 Å². The average molecular weight is 469 g/mol. The zero-order chi connectivity index (χ0) is 24.1. The van der Waals surface area contributed by atoms with E-state index in [2.05, 4.69) is 35.6 Å². The summed E-state index contributed by atoms with van der Waals surface area (Å²) in [6.07, 6.45) is 11.0. The van der Waals surface area contributed by atoms with Gasteiger partial charge in [0, 0.05) is 38.4 Å². The standard InChI is InChI=1S/C21H27N7O.C2H5NO2/c1-26-17-14-23-19(13-16(17)28(21(26)29)15-7-3-4-8-15)24-18-9-10-22-20(25-18)27-11-5-2-6-12-27;1-5-2(3)4/h9-10,13-15H,2-8,11-12H2,1H3,(H,22,23,24,25);1H3,(H2,3,4). The lowest BCUT2D eigenvalue weighted by Crippen LogP contribution is -2.31. The van der Waals surface area contributed by atoms with Gasteiger partial charge in [0.15, 0.2) is 0 Å². The molecule has 1 aliphatic heterocycles. The number of ether oxygens (including phenoxy) is 1. The van der Waals surface area contributed by atoms with Gasteiger partial charge in [0.1, 0.15) is 11.6 Å². The molecule has 34 heavy (non-hydrogen) atoms. The van der Waals surface area contributed by atoms with Crippen LogP contribution in [0.5, 0.6) is 0 Å². The van der Waals surface area contributed by atoms with Crippen molar-refractivity contribution in [2.24, 2.45) is 12.8 Å². The summed E-state index contributed by atoms with van der Waals surface area (Å²) in [7, 11) is 3.04. The molecule has 3 aromatic heterocycles.